The Balaban J connectivity index is 1.52. The van der Waals surface area contributed by atoms with E-state index in [0.29, 0.717) is 44.9 Å². The second kappa shape index (κ2) is 10.7. The van der Waals surface area contributed by atoms with Gasteiger partial charge in [-0.2, -0.15) is 13.2 Å². The van der Waals surface area contributed by atoms with Gasteiger partial charge >= 0.3 is 6.18 Å². The molecule has 2 aliphatic rings. The Morgan fingerprint density at radius 2 is 1.81 bits per heavy atom. The lowest BCUT2D eigenvalue weighted by molar-refractivity contribution is -0.193. The lowest BCUT2D eigenvalue weighted by Crippen LogP contribution is -2.60. The van der Waals surface area contributed by atoms with Crippen LogP contribution < -0.4 is 4.74 Å². The zero-order chi connectivity index (χ0) is 26.8. The summed E-state index contributed by atoms with van der Waals surface area (Å²) in [5.74, 6) is -0.414. The number of hydrogen-bond donors (Lipinski definition) is 0. The highest BCUT2D eigenvalue weighted by atomic mass is 19.4. The standard InChI is InChI=1S/C28H33F3N2O4/c1-19(2)11-14-33-18-27(37-24(26(33)35)20-7-5-4-6-8-20)12-15-32(16-13-27)25(34)21-9-10-23(36-3)22(17-21)28(29,30)31/h4-10,17,19,24H,11-16,18H2,1-3H3. The van der Waals surface area contributed by atoms with E-state index in [1.165, 1.54) is 12.1 Å². The summed E-state index contributed by atoms with van der Waals surface area (Å²) < 4.78 is 51.7. The van der Waals surface area contributed by atoms with Crippen LogP contribution in [0.4, 0.5) is 13.2 Å². The molecular weight excluding hydrogens is 485 g/mol. The second-order valence-electron chi connectivity index (χ2n) is 10.2. The van der Waals surface area contributed by atoms with Crippen LogP contribution in [0.5, 0.6) is 5.75 Å². The Labute approximate surface area is 215 Å². The molecule has 2 aliphatic heterocycles. The summed E-state index contributed by atoms with van der Waals surface area (Å²) in [6, 6.07) is 12.8. The molecule has 9 heteroatoms. The maximum atomic E-state index is 13.5. The fourth-order valence-corrected chi connectivity index (χ4v) is 5.01. The Morgan fingerprint density at radius 3 is 2.41 bits per heavy atom. The maximum absolute atomic E-state index is 13.5. The fourth-order valence-electron chi connectivity index (χ4n) is 5.01. The van der Waals surface area contributed by atoms with Crippen molar-refractivity contribution in [1.82, 2.24) is 9.80 Å². The van der Waals surface area contributed by atoms with Gasteiger partial charge in [0.05, 0.1) is 18.3 Å². The summed E-state index contributed by atoms with van der Waals surface area (Å²) in [6.45, 7) is 5.93. The zero-order valence-corrected chi connectivity index (χ0v) is 21.4. The molecule has 1 spiro atoms. The zero-order valence-electron chi connectivity index (χ0n) is 21.4. The van der Waals surface area contributed by atoms with Gasteiger partial charge in [-0.25, -0.2) is 0 Å². The number of hydrogen-bond acceptors (Lipinski definition) is 4. The molecule has 0 radical (unpaired) electrons. The van der Waals surface area contributed by atoms with E-state index in [-0.39, 0.29) is 17.2 Å². The SMILES string of the molecule is COc1ccc(C(=O)N2CCC3(CC2)CN(CCC(C)C)C(=O)C(c2ccccc2)O3)cc1C(F)(F)F. The van der Waals surface area contributed by atoms with E-state index in [1.54, 1.807) is 4.90 Å². The quantitative estimate of drug-likeness (QED) is 0.519. The topological polar surface area (TPSA) is 59.1 Å². The minimum Gasteiger partial charge on any atom is -0.496 e. The van der Waals surface area contributed by atoms with E-state index in [2.05, 4.69) is 13.8 Å². The van der Waals surface area contributed by atoms with Crippen molar-refractivity contribution in [2.45, 2.75) is 51.0 Å². The number of rotatable bonds is 6. The number of nitrogens with zero attached hydrogens (tertiary/aromatic N) is 2. The number of benzene rings is 2. The van der Waals surface area contributed by atoms with Crippen molar-refractivity contribution in [1.29, 1.82) is 0 Å². The van der Waals surface area contributed by atoms with Crippen molar-refractivity contribution < 1.29 is 32.2 Å². The summed E-state index contributed by atoms with van der Waals surface area (Å²) in [5, 5.41) is 0. The van der Waals surface area contributed by atoms with E-state index in [1.807, 2.05) is 35.2 Å². The number of morpholine rings is 1. The predicted octanol–water partition coefficient (Wildman–Crippen LogP) is 5.34. The summed E-state index contributed by atoms with van der Waals surface area (Å²) in [4.78, 5) is 29.9. The molecule has 1 atom stereocenters. The van der Waals surface area contributed by atoms with Gasteiger partial charge in [-0.15, -0.1) is 0 Å². The Morgan fingerprint density at radius 1 is 1.14 bits per heavy atom. The molecule has 0 N–H and O–H groups in total. The number of likely N-dealkylation sites (tertiary alicyclic amines) is 1. The van der Waals surface area contributed by atoms with Crippen LogP contribution in [0.2, 0.25) is 0 Å². The Kier molecular flexibility index (Phi) is 7.83. The van der Waals surface area contributed by atoms with E-state index in [9.17, 15) is 22.8 Å². The van der Waals surface area contributed by atoms with Crippen molar-refractivity contribution in [3.63, 3.8) is 0 Å². The smallest absolute Gasteiger partial charge is 0.419 e. The van der Waals surface area contributed by atoms with E-state index < -0.39 is 29.4 Å². The average Bonchev–Trinajstić information content (AvgIpc) is 2.88. The highest BCUT2D eigenvalue weighted by Gasteiger charge is 2.47. The molecule has 37 heavy (non-hydrogen) atoms. The van der Waals surface area contributed by atoms with Gasteiger partial charge < -0.3 is 19.3 Å². The number of carbonyl (C=O) groups excluding carboxylic acids is 2. The molecular formula is C28H33F3N2O4. The first-order valence-electron chi connectivity index (χ1n) is 12.6. The van der Waals surface area contributed by atoms with Crippen molar-refractivity contribution in [3.8, 4) is 5.75 Å². The molecule has 0 saturated carbocycles. The molecule has 4 rings (SSSR count). The van der Waals surface area contributed by atoms with Crippen LogP contribution in [0.15, 0.2) is 48.5 Å². The van der Waals surface area contributed by atoms with E-state index in [0.717, 1.165) is 25.2 Å². The number of alkyl halides is 3. The van der Waals surface area contributed by atoms with Crippen molar-refractivity contribution in [3.05, 3.63) is 65.2 Å². The minimum atomic E-state index is -4.64. The summed E-state index contributed by atoms with van der Waals surface area (Å²) in [5.41, 5.74) is -0.851. The molecule has 2 aromatic carbocycles. The number of piperidine rings is 1. The van der Waals surface area contributed by atoms with Crippen LogP contribution in [0, 0.1) is 5.92 Å². The molecule has 1 unspecified atom stereocenters. The van der Waals surface area contributed by atoms with Gasteiger partial charge in [0.25, 0.3) is 11.8 Å². The molecule has 0 aliphatic carbocycles. The van der Waals surface area contributed by atoms with Crippen LogP contribution in [0.3, 0.4) is 0 Å². The molecule has 200 valence electrons. The first kappa shape index (κ1) is 27.0. The third-order valence-corrected chi connectivity index (χ3v) is 7.18. The molecule has 2 amide bonds. The van der Waals surface area contributed by atoms with Crippen LogP contribution in [-0.4, -0.2) is 60.5 Å². The number of amides is 2. The molecule has 0 aromatic heterocycles. The van der Waals surface area contributed by atoms with Crippen LogP contribution in [-0.2, 0) is 15.7 Å². The third kappa shape index (κ3) is 5.92. The number of ether oxygens (including phenoxy) is 2. The summed E-state index contributed by atoms with van der Waals surface area (Å²) in [7, 11) is 1.16. The first-order valence-corrected chi connectivity index (χ1v) is 12.6. The predicted molar refractivity (Wildman–Crippen MR) is 132 cm³/mol. The van der Waals surface area contributed by atoms with Gasteiger partial charge in [0, 0.05) is 31.7 Å². The Hall–Kier alpha value is -3.07. The van der Waals surface area contributed by atoms with Crippen molar-refractivity contribution in [2.24, 2.45) is 5.92 Å². The molecule has 2 heterocycles. The summed E-state index contributed by atoms with van der Waals surface area (Å²) in [6.07, 6.45) is -3.53. The number of methoxy groups -OCH3 is 1. The van der Waals surface area contributed by atoms with Crippen LogP contribution in [0.25, 0.3) is 0 Å². The second-order valence-corrected chi connectivity index (χ2v) is 10.2. The fraction of sp³-hybridized carbons (Fsp3) is 0.500. The highest BCUT2D eigenvalue weighted by Crippen LogP contribution is 2.40. The third-order valence-electron chi connectivity index (χ3n) is 7.18. The normalized spacial score (nSPS) is 20.0. The number of halogens is 3. The summed E-state index contributed by atoms with van der Waals surface area (Å²) >= 11 is 0. The van der Waals surface area contributed by atoms with E-state index in [4.69, 9.17) is 9.47 Å². The van der Waals surface area contributed by atoms with Gasteiger partial charge in [-0.05, 0) is 48.9 Å². The molecule has 2 saturated heterocycles. The van der Waals surface area contributed by atoms with Gasteiger partial charge in [-0.1, -0.05) is 44.2 Å². The Bertz CT molecular complexity index is 1110. The van der Waals surface area contributed by atoms with Crippen LogP contribution in [0.1, 0.15) is 60.7 Å². The van der Waals surface area contributed by atoms with Crippen molar-refractivity contribution >= 4 is 11.8 Å². The van der Waals surface area contributed by atoms with Crippen LogP contribution >= 0.6 is 0 Å². The molecule has 2 fully saturated rings. The minimum absolute atomic E-state index is 0.0375. The maximum Gasteiger partial charge on any atom is 0.419 e. The van der Waals surface area contributed by atoms with Gasteiger partial charge in [0.1, 0.15) is 5.75 Å². The lowest BCUT2D eigenvalue weighted by atomic mass is 9.87. The molecule has 0 bridgehead atoms. The van der Waals surface area contributed by atoms with Gasteiger partial charge in [-0.3, -0.25) is 9.59 Å². The van der Waals surface area contributed by atoms with Gasteiger partial charge in [0.15, 0.2) is 6.10 Å². The average molecular weight is 519 g/mol. The highest BCUT2D eigenvalue weighted by molar-refractivity contribution is 5.94. The van der Waals surface area contributed by atoms with Gasteiger partial charge in [0.2, 0.25) is 0 Å². The molecule has 2 aromatic rings. The molecule has 6 nitrogen and oxygen atoms in total. The van der Waals surface area contributed by atoms with E-state index >= 15 is 0 Å². The number of carbonyl (C=O) groups is 2. The largest absolute Gasteiger partial charge is 0.496 e. The lowest BCUT2D eigenvalue weighted by Gasteiger charge is -2.49. The monoisotopic (exact) mass is 518 g/mol. The van der Waals surface area contributed by atoms with Crippen molar-refractivity contribution in [2.75, 3.05) is 33.3 Å². The first-order chi connectivity index (χ1) is 17.5.